The lowest BCUT2D eigenvalue weighted by molar-refractivity contribution is -0.139. The van der Waals surface area contributed by atoms with E-state index in [1.807, 2.05) is 7.05 Å². The van der Waals surface area contributed by atoms with Crippen LogP contribution in [0.3, 0.4) is 0 Å². The van der Waals surface area contributed by atoms with Gasteiger partial charge in [-0.25, -0.2) is 4.39 Å². The summed E-state index contributed by atoms with van der Waals surface area (Å²) in [5.41, 5.74) is -0.926. The summed E-state index contributed by atoms with van der Waals surface area (Å²) in [5, 5.41) is 12.0. The number of ether oxygens (including phenoxy) is 2. The van der Waals surface area contributed by atoms with Gasteiger partial charge in [0.25, 0.3) is 0 Å². The molecule has 0 saturated heterocycles. The number of benzene rings is 2. The van der Waals surface area contributed by atoms with E-state index in [1.165, 1.54) is 64.5 Å². The second-order valence-corrected chi connectivity index (χ2v) is 8.97. The van der Waals surface area contributed by atoms with Gasteiger partial charge in [0.05, 0.1) is 12.7 Å². The molecule has 0 spiro atoms. The topological polar surface area (TPSA) is 67.8 Å². The highest BCUT2D eigenvalue weighted by Crippen LogP contribution is 2.39. The van der Waals surface area contributed by atoms with Gasteiger partial charge in [-0.15, -0.1) is 0 Å². The van der Waals surface area contributed by atoms with Crippen LogP contribution in [0.25, 0.3) is 0 Å². The monoisotopic (exact) mass is 513 g/mol. The van der Waals surface area contributed by atoms with Gasteiger partial charge in [0.15, 0.2) is 0 Å². The van der Waals surface area contributed by atoms with E-state index >= 15 is 0 Å². The van der Waals surface area contributed by atoms with Gasteiger partial charge in [-0.2, -0.15) is 13.2 Å². The first kappa shape index (κ1) is 29.6. The Morgan fingerprint density at radius 2 is 1.72 bits per heavy atom. The van der Waals surface area contributed by atoms with E-state index in [0.29, 0.717) is 24.7 Å². The Kier molecular flexibility index (Phi) is 11.7. The van der Waals surface area contributed by atoms with Gasteiger partial charge in [-0.3, -0.25) is 4.79 Å². The lowest BCUT2D eigenvalue weighted by Crippen LogP contribution is -2.24. The number of aliphatic hydroxyl groups excluding tert-OH is 1. The highest BCUT2D eigenvalue weighted by Gasteiger charge is 2.35. The van der Waals surface area contributed by atoms with E-state index in [2.05, 4.69) is 5.32 Å². The number of rotatable bonds is 9. The Hall–Kier alpha value is -2.65. The first-order valence-corrected chi connectivity index (χ1v) is 12.0. The van der Waals surface area contributed by atoms with Crippen molar-refractivity contribution in [1.82, 2.24) is 5.32 Å². The number of carbonyl (C=O) groups is 1. The zero-order chi connectivity index (χ0) is 26.7. The summed E-state index contributed by atoms with van der Waals surface area (Å²) in [4.78, 5) is 10.7. The minimum absolute atomic E-state index is 0.120. The predicted molar refractivity (Wildman–Crippen MR) is 130 cm³/mol. The van der Waals surface area contributed by atoms with Crippen LogP contribution in [0.1, 0.15) is 66.6 Å². The van der Waals surface area contributed by atoms with Crippen LogP contribution in [-0.2, 0) is 6.18 Å². The van der Waals surface area contributed by atoms with Gasteiger partial charge >= 0.3 is 6.18 Å². The van der Waals surface area contributed by atoms with Gasteiger partial charge in [-0.05, 0) is 88.0 Å². The van der Waals surface area contributed by atoms with E-state index < -0.39 is 29.4 Å². The molecule has 0 bridgehead atoms. The van der Waals surface area contributed by atoms with Gasteiger partial charge in [-0.1, -0.05) is 12.8 Å². The molecule has 0 aliphatic heterocycles. The zero-order valence-electron chi connectivity index (χ0n) is 20.9. The van der Waals surface area contributed by atoms with E-state index in [4.69, 9.17) is 14.6 Å². The van der Waals surface area contributed by atoms with Crippen molar-refractivity contribution in [2.24, 2.45) is 11.8 Å². The average Bonchev–Trinajstić information content (AvgIpc) is 2.85. The molecule has 5 nitrogen and oxygen atoms in total. The van der Waals surface area contributed by atoms with Crippen LogP contribution in [0, 0.1) is 17.7 Å². The van der Waals surface area contributed by atoms with Crippen LogP contribution >= 0.6 is 0 Å². The first-order valence-electron chi connectivity index (χ1n) is 12.0. The molecule has 2 aromatic carbocycles. The first-order chi connectivity index (χ1) is 17.1. The number of nitrogens with one attached hydrogen (secondary N) is 1. The maximum absolute atomic E-state index is 13.4. The van der Waals surface area contributed by atoms with E-state index in [9.17, 15) is 22.4 Å². The van der Waals surface area contributed by atoms with Gasteiger partial charge in [0, 0.05) is 17.7 Å². The van der Waals surface area contributed by atoms with Crippen molar-refractivity contribution >= 4 is 6.29 Å². The number of hydrogen-bond acceptors (Lipinski definition) is 5. The largest absolute Gasteiger partial charge is 0.496 e. The SMILES string of the molecule is CNCC1CCC(CCO)CC1.COc1ccc(F)cc1[C@H](C)Oc1ccc(C=O)cc1C(F)(F)F. The normalized spacial score (nSPS) is 18.6. The summed E-state index contributed by atoms with van der Waals surface area (Å²) >= 11 is 0. The molecule has 9 heteroatoms. The minimum atomic E-state index is -4.69. The van der Waals surface area contributed by atoms with Crippen LogP contribution in [0.15, 0.2) is 36.4 Å². The quantitative estimate of drug-likeness (QED) is 0.309. The fourth-order valence-corrected chi connectivity index (χ4v) is 4.42. The Labute approximate surface area is 209 Å². The Bertz CT molecular complexity index is 945. The lowest BCUT2D eigenvalue weighted by atomic mass is 9.81. The molecule has 200 valence electrons. The van der Waals surface area contributed by atoms with Gasteiger partial charge in [0.2, 0.25) is 0 Å². The zero-order valence-corrected chi connectivity index (χ0v) is 20.9. The summed E-state index contributed by atoms with van der Waals surface area (Å²) in [7, 11) is 3.39. The van der Waals surface area contributed by atoms with E-state index in [0.717, 1.165) is 30.4 Å². The molecule has 36 heavy (non-hydrogen) atoms. The van der Waals surface area contributed by atoms with Crippen molar-refractivity contribution in [1.29, 1.82) is 0 Å². The maximum Gasteiger partial charge on any atom is 0.419 e. The van der Waals surface area contributed by atoms with E-state index in [-0.39, 0.29) is 11.1 Å². The molecule has 1 fully saturated rings. The number of methoxy groups -OCH3 is 1. The number of alkyl halides is 3. The van der Waals surface area contributed by atoms with Crippen LogP contribution in [0.5, 0.6) is 11.5 Å². The molecular weight excluding hydrogens is 478 g/mol. The molecule has 0 heterocycles. The molecular formula is C27H35F4NO4. The third kappa shape index (κ3) is 8.78. The summed E-state index contributed by atoms with van der Waals surface area (Å²) in [5.74, 6) is 0.982. The molecule has 0 amide bonds. The van der Waals surface area contributed by atoms with Crippen LogP contribution < -0.4 is 14.8 Å². The van der Waals surface area contributed by atoms with Crippen molar-refractivity contribution in [3.63, 3.8) is 0 Å². The van der Waals surface area contributed by atoms with Crippen molar-refractivity contribution in [2.75, 3.05) is 27.3 Å². The molecule has 2 aromatic rings. The second-order valence-electron chi connectivity index (χ2n) is 8.97. The standard InChI is InChI=1S/C17H14F4O3.C10H21NO/c1-10(13-8-12(18)4-6-15(13)23-2)24-16-5-3-11(9-22)7-14(16)17(19,20)21;1-11-8-10-4-2-9(3-5-10)6-7-12/h3-10H,1-2H3;9-12H,2-8H2,1H3/t10-;/m0./s1. The predicted octanol–water partition coefficient (Wildman–Crippen LogP) is 6.20. The minimum Gasteiger partial charge on any atom is -0.496 e. The fraction of sp³-hybridized carbons (Fsp3) is 0.519. The highest BCUT2D eigenvalue weighted by atomic mass is 19.4. The Balaban J connectivity index is 0.000000319. The number of aliphatic hydroxyl groups is 1. The molecule has 1 atom stereocenters. The molecule has 1 aliphatic rings. The van der Waals surface area contributed by atoms with Crippen molar-refractivity contribution in [3.8, 4) is 11.5 Å². The lowest BCUT2D eigenvalue weighted by Gasteiger charge is -2.27. The third-order valence-electron chi connectivity index (χ3n) is 6.38. The molecule has 1 aliphatic carbocycles. The number of hydrogen-bond donors (Lipinski definition) is 2. The third-order valence-corrected chi connectivity index (χ3v) is 6.38. The Morgan fingerprint density at radius 3 is 2.28 bits per heavy atom. The second kappa shape index (κ2) is 14.2. The summed E-state index contributed by atoms with van der Waals surface area (Å²) in [6, 6.07) is 6.66. The molecule has 0 aromatic heterocycles. The molecule has 1 saturated carbocycles. The highest BCUT2D eigenvalue weighted by molar-refractivity contribution is 5.75. The summed E-state index contributed by atoms with van der Waals surface area (Å²) in [6.45, 7) is 3.03. The van der Waals surface area contributed by atoms with Crippen molar-refractivity contribution < 1.29 is 36.9 Å². The van der Waals surface area contributed by atoms with Crippen LogP contribution in [-0.4, -0.2) is 38.7 Å². The smallest absolute Gasteiger partial charge is 0.419 e. The van der Waals surface area contributed by atoms with Crippen molar-refractivity contribution in [3.05, 3.63) is 58.9 Å². The van der Waals surface area contributed by atoms with Gasteiger partial charge < -0.3 is 19.9 Å². The number of carbonyl (C=O) groups excluding carboxylic acids is 1. The molecule has 2 N–H and O–H groups in total. The van der Waals surface area contributed by atoms with E-state index in [1.54, 1.807) is 0 Å². The summed E-state index contributed by atoms with van der Waals surface area (Å²) in [6.07, 6.45) is 1.10. The molecule has 0 unspecified atom stereocenters. The molecule has 3 rings (SSSR count). The fourth-order valence-electron chi connectivity index (χ4n) is 4.42. The average molecular weight is 514 g/mol. The summed E-state index contributed by atoms with van der Waals surface area (Å²) < 4.78 is 63.3. The number of aldehydes is 1. The van der Waals surface area contributed by atoms with Crippen LogP contribution in [0.2, 0.25) is 0 Å². The van der Waals surface area contributed by atoms with Crippen LogP contribution in [0.4, 0.5) is 17.6 Å². The maximum atomic E-state index is 13.4. The van der Waals surface area contributed by atoms with Gasteiger partial charge in [0.1, 0.15) is 29.7 Å². The Morgan fingerprint density at radius 1 is 1.08 bits per heavy atom. The number of halogens is 4. The molecule has 0 radical (unpaired) electrons. The van der Waals surface area contributed by atoms with Crippen molar-refractivity contribution in [2.45, 2.75) is 51.3 Å².